The van der Waals surface area contributed by atoms with Gasteiger partial charge >= 0.3 is 0 Å². The summed E-state index contributed by atoms with van der Waals surface area (Å²) >= 11 is 3.04. The zero-order chi connectivity index (χ0) is 14.1. The maximum Gasteiger partial charge on any atom is 0.275 e. The van der Waals surface area contributed by atoms with Gasteiger partial charge < -0.3 is 5.32 Å². The van der Waals surface area contributed by atoms with Gasteiger partial charge in [0.15, 0.2) is 0 Å². The lowest BCUT2D eigenvalue weighted by Crippen LogP contribution is -2.13. The second-order valence-corrected chi connectivity index (χ2v) is 6.37. The smallest absolute Gasteiger partial charge is 0.275 e. The molecule has 1 N–H and O–H groups in total. The van der Waals surface area contributed by atoms with E-state index in [-0.39, 0.29) is 11.6 Å². The minimum absolute atomic E-state index is 0.0524. The third kappa shape index (κ3) is 2.44. The van der Waals surface area contributed by atoms with Crippen LogP contribution in [0.5, 0.6) is 0 Å². The Kier molecular flexibility index (Phi) is 3.49. The number of rotatable bonds is 4. The lowest BCUT2D eigenvalue weighted by molar-refractivity contribution is 0.839. The number of fused-ring (bicyclic) bond motifs is 1. The molecule has 0 aliphatic heterocycles. The van der Waals surface area contributed by atoms with Crippen molar-refractivity contribution in [3.63, 3.8) is 0 Å². The molecule has 0 aliphatic carbocycles. The fourth-order valence-corrected chi connectivity index (χ4v) is 3.46. The van der Waals surface area contributed by atoms with Crippen LogP contribution < -0.4 is 10.9 Å². The van der Waals surface area contributed by atoms with Crippen LogP contribution in [-0.4, -0.2) is 19.6 Å². The van der Waals surface area contributed by atoms with Crippen molar-refractivity contribution < 1.29 is 0 Å². The fourth-order valence-electron chi connectivity index (χ4n) is 1.74. The van der Waals surface area contributed by atoms with Gasteiger partial charge in [-0.25, -0.2) is 9.97 Å². The van der Waals surface area contributed by atoms with Crippen LogP contribution in [0.4, 0.5) is 5.13 Å². The molecule has 0 fully saturated rings. The fraction of sp³-hybridized carbons (Fsp3) is 0.333. The van der Waals surface area contributed by atoms with Crippen LogP contribution in [0, 0.1) is 0 Å². The van der Waals surface area contributed by atoms with Crippen molar-refractivity contribution in [2.24, 2.45) is 0 Å². The number of hydrogen-bond acceptors (Lipinski definition) is 7. The van der Waals surface area contributed by atoms with Crippen LogP contribution >= 0.6 is 22.7 Å². The van der Waals surface area contributed by atoms with E-state index < -0.39 is 0 Å². The molecule has 6 nitrogen and oxygen atoms in total. The van der Waals surface area contributed by atoms with Crippen LogP contribution in [-0.2, 0) is 6.42 Å². The van der Waals surface area contributed by atoms with Crippen LogP contribution in [0.1, 0.15) is 29.8 Å². The highest BCUT2D eigenvalue weighted by Gasteiger charge is 2.13. The summed E-state index contributed by atoms with van der Waals surface area (Å²) in [6.07, 6.45) is 4.39. The van der Waals surface area contributed by atoms with Gasteiger partial charge in [0.05, 0.1) is 6.04 Å². The van der Waals surface area contributed by atoms with E-state index >= 15 is 0 Å². The van der Waals surface area contributed by atoms with Gasteiger partial charge in [0, 0.05) is 23.3 Å². The van der Waals surface area contributed by atoms with Crippen molar-refractivity contribution in [3.05, 3.63) is 38.7 Å². The Morgan fingerprint density at radius 2 is 2.25 bits per heavy atom. The maximum atomic E-state index is 11.6. The van der Waals surface area contributed by atoms with Gasteiger partial charge in [-0.15, -0.1) is 16.4 Å². The highest BCUT2D eigenvalue weighted by molar-refractivity contribution is 7.20. The van der Waals surface area contributed by atoms with Gasteiger partial charge in [0.2, 0.25) is 10.1 Å². The van der Waals surface area contributed by atoms with E-state index in [1.807, 2.05) is 13.1 Å². The summed E-state index contributed by atoms with van der Waals surface area (Å²) in [4.78, 5) is 22.0. The number of anilines is 1. The van der Waals surface area contributed by atoms with E-state index in [4.69, 9.17) is 0 Å². The van der Waals surface area contributed by atoms with Gasteiger partial charge in [-0.3, -0.25) is 4.79 Å². The zero-order valence-electron chi connectivity index (χ0n) is 11.0. The van der Waals surface area contributed by atoms with E-state index in [2.05, 4.69) is 27.3 Å². The molecule has 0 radical (unpaired) electrons. The first kappa shape index (κ1) is 13.2. The highest BCUT2D eigenvalue weighted by atomic mass is 32.1. The number of aromatic nitrogens is 4. The Morgan fingerprint density at radius 1 is 1.40 bits per heavy atom. The Hall–Kier alpha value is -1.80. The molecule has 3 aromatic heterocycles. The molecule has 1 unspecified atom stereocenters. The maximum absolute atomic E-state index is 11.6. The second-order valence-electron chi connectivity index (χ2n) is 4.27. The summed E-state index contributed by atoms with van der Waals surface area (Å²) in [6, 6.07) is 1.45. The molecule has 0 spiro atoms. The molecule has 0 amide bonds. The summed E-state index contributed by atoms with van der Waals surface area (Å²) in [7, 11) is 0. The third-order valence-corrected chi connectivity index (χ3v) is 4.98. The van der Waals surface area contributed by atoms with Crippen molar-refractivity contribution in [1.82, 2.24) is 19.6 Å². The summed E-state index contributed by atoms with van der Waals surface area (Å²) in [5.74, 6) is 0. The Labute approximate surface area is 123 Å². The number of aryl methyl sites for hydroxylation is 1. The third-order valence-electron chi connectivity index (χ3n) is 2.80. The van der Waals surface area contributed by atoms with Crippen molar-refractivity contribution >= 4 is 32.8 Å². The first-order valence-electron chi connectivity index (χ1n) is 6.23. The van der Waals surface area contributed by atoms with Crippen molar-refractivity contribution in [2.75, 3.05) is 5.32 Å². The quantitative estimate of drug-likeness (QED) is 0.801. The molecule has 3 heterocycles. The summed E-state index contributed by atoms with van der Waals surface area (Å²) in [6.45, 7) is 4.14. The Morgan fingerprint density at radius 3 is 2.95 bits per heavy atom. The van der Waals surface area contributed by atoms with Gasteiger partial charge in [-0.2, -0.15) is 4.52 Å². The molecule has 1 atom stereocenters. The van der Waals surface area contributed by atoms with Crippen LogP contribution in [0.15, 0.2) is 23.3 Å². The Bertz CT molecular complexity index is 790. The van der Waals surface area contributed by atoms with Gasteiger partial charge in [0.1, 0.15) is 5.01 Å². The van der Waals surface area contributed by atoms with Crippen molar-refractivity contribution in [2.45, 2.75) is 26.3 Å². The molecule has 3 aromatic rings. The second kappa shape index (κ2) is 5.29. The van der Waals surface area contributed by atoms with Gasteiger partial charge in [-0.05, 0) is 13.3 Å². The standard InChI is InChI=1S/C12H13N5OS2/c1-3-8-6-14-10(19-8)7(2)15-11-16-17-9(18)4-5-13-12(17)20-11/h4-7H,3H2,1-2H3,(H,15,16). The summed E-state index contributed by atoms with van der Waals surface area (Å²) in [5.41, 5.74) is -0.172. The largest absolute Gasteiger partial charge is 0.351 e. The van der Waals surface area contributed by atoms with Gasteiger partial charge in [0.25, 0.3) is 5.56 Å². The minimum Gasteiger partial charge on any atom is -0.351 e. The summed E-state index contributed by atoms with van der Waals surface area (Å²) in [5, 5.41) is 9.18. The average molecular weight is 307 g/mol. The predicted molar refractivity (Wildman–Crippen MR) is 80.7 cm³/mol. The van der Waals surface area contributed by atoms with Gasteiger partial charge in [-0.1, -0.05) is 18.3 Å². The number of thiazole rings is 1. The Balaban J connectivity index is 1.85. The van der Waals surface area contributed by atoms with Crippen LogP contribution in [0.3, 0.4) is 0 Å². The molecule has 20 heavy (non-hydrogen) atoms. The molecular formula is C12H13N5OS2. The molecule has 0 bridgehead atoms. The molecule has 0 saturated carbocycles. The minimum atomic E-state index is -0.172. The van der Waals surface area contributed by atoms with Crippen molar-refractivity contribution in [1.29, 1.82) is 0 Å². The molecule has 0 aliphatic rings. The first-order valence-corrected chi connectivity index (χ1v) is 7.86. The zero-order valence-corrected chi connectivity index (χ0v) is 12.7. The van der Waals surface area contributed by atoms with Crippen LogP contribution in [0.25, 0.3) is 4.96 Å². The first-order chi connectivity index (χ1) is 9.67. The molecule has 104 valence electrons. The van der Waals surface area contributed by atoms with E-state index in [1.165, 1.54) is 33.0 Å². The lowest BCUT2D eigenvalue weighted by Gasteiger charge is -2.08. The van der Waals surface area contributed by atoms with Crippen LogP contribution in [0.2, 0.25) is 0 Å². The monoisotopic (exact) mass is 307 g/mol. The average Bonchev–Trinajstić information content (AvgIpc) is 3.05. The normalized spacial score (nSPS) is 12.7. The molecule has 0 saturated heterocycles. The molecular weight excluding hydrogens is 294 g/mol. The molecule has 0 aromatic carbocycles. The van der Waals surface area contributed by atoms with E-state index in [0.29, 0.717) is 10.1 Å². The SMILES string of the molecule is CCc1cnc(C(C)Nc2nn3c(=O)ccnc3s2)s1. The number of nitrogens with zero attached hydrogens (tertiary/aromatic N) is 4. The lowest BCUT2D eigenvalue weighted by atomic mass is 10.4. The van der Waals surface area contributed by atoms with E-state index in [0.717, 1.165) is 11.4 Å². The predicted octanol–water partition coefficient (Wildman–Crippen LogP) is 2.34. The number of nitrogens with one attached hydrogen (secondary N) is 1. The molecule has 3 rings (SSSR count). The molecule has 8 heteroatoms. The van der Waals surface area contributed by atoms with E-state index in [1.54, 1.807) is 11.3 Å². The highest BCUT2D eigenvalue weighted by Crippen LogP contribution is 2.25. The number of hydrogen-bond donors (Lipinski definition) is 1. The van der Waals surface area contributed by atoms with Crippen molar-refractivity contribution in [3.8, 4) is 0 Å². The summed E-state index contributed by atoms with van der Waals surface area (Å²) < 4.78 is 1.30. The van der Waals surface area contributed by atoms with E-state index in [9.17, 15) is 4.79 Å². The topological polar surface area (TPSA) is 72.2 Å².